The highest BCUT2D eigenvalue weighted by Gasteiger charge is 2.25. The van der Waals surface area contributed by atoms with E-state index in [1.54, 1.807) is 11.9 Å². The average Bonchev–Trinajstić information content (AvgIpc) is 3.09. The third-order valence-corrected chi connectivity index (χ3v) is 4.16. The summed E-state index contributed by atoms with van der Waals surface area (Å²) in [7, 11) is 1.75. The number of nitrogens with one attached hydrogen (secondary N) is 1. The van der Waals surface area contributed by atoms with Gasteiger partial charge < -0.3 is 20.7 Å². The van der Waals surface area contributed by atoms with Crippen molar-refractivity contribution in [2.24, 2.45) is 0 Å². The van der Waals surface area contributed by atoms with E-state index in [2.05, 4.69) is 21.6 Å². The van der Waals surface area contributed by atoms with Gasteiger partial charge in [-0.1, -0.05) is 29.5 Å². The third kappa shape index (κ3) is 3.28. The van der Waals surface area contributed by atoms with Crippen LogP contribution in [0.4, 0.5) is 9.93 Å². The highest BCUT2D eigenvalue weighted by molar-refractivity contribution is 7.15. The van der Waals surface area contributed by atoms with E-state index in [1.165, 1.54) is 16.9 Å². The van der Waals surface area contributed by atoms with Crippen molar-refractivity contribution in [2.45, 2.75) is 19.1 Å². The normalized spacial score (nSPS) is 16.0. The van der Waals surface area contributed by atoms with Crippen molar-refractivity contribution >= 4 is 22.5 Å². The highest BCUT2D eigenvalue weighted by atomic mass is 32.1. The Labute approximate surface area is 132 Å². The summed E-state index contributed by atoms with van der Waals surface area (Å²) in [6.45, 7) is 0.850. The molecule has 2 aromatic rings. The summed E-state index contributed by atoms with van der Waals surface area (Å²) in [6, 6.07) is 7.78. The zero-order chi connectivity index (χ0) is 15.5. The number of likely N-dealkylation sites (N-methyl/N-ethyl adjacent to an activating group) is 1. The molecule has 116 valence electrons. The molecular formula is C14H17N5O2S. The van der Waals surface area contributed by atoms with E-state index in [9.17, 15) is 4.79 Å². The van der Waals surface area contributed by atoms with Gasteiger partial charge in [0.05, 0.1) is 13.1 Å². The van der Waals surface area contributed by atoms with Crippen LogP contribution in [0.2, 0.25) is 0 Å². The Balaban J connectivity index is 1.48. The number of hydrogen-bond acceptors (Lipinski definition) is 6. The van der Waals surface area contributed by atoms with Gasteiger partial charge in [0.1, 0.15) is 16.9 Å². The first-order chi connectivity index (χ1) is 10.6. The lowest BCUT2D eigenvalue weighted by Gasteiger charge is -2.21. The van der Waals surface area contributed by atoms with Gasteiger partial charge in [-0.3, -0.25) is 0 Å². The molecule has 8 heteroatoms. The predicted molar refractivity (Wildman–Crippen MR) is 83.7 cm³/mol. The van der Waals surface area contributed by atoms with Crippen molar-refractivity contribution in [3.8, 4) is 5.75 Å². The quantitative estimate of drug-likeness (QED) is 0.885. The molecule has 1 atom stereocenters. The van der Waals surface area contributed by atoms with Gasteiger partial charge in [-0.15, -0.1) is 10.2 Å². The van der Waals surface area contributed by atoms with Crippen LogP contribution < -0.4 is 15.8 Å². The van der Waals surface area contributed by atoms with Crippen LogP contribution in [0.1, 0.15) is 10.6 Å². The first-order valence-corrected chi connectivity index (χ1v) is 7.75. The molecule has 22 heavy (non-hydrogen) atoms. The molecule has 1 unspecified atom stereocenters. The Morgan fingerprint density at radius 1 is 1.50 bits per heavy atom. The van der Waals surface area contributed by atoms with Crippen LogP contribution in [-0.2, 0) is 13.0 Å². The number of amides is 2. The lowest BCUT2D eigenvalue weighted by atomic mass is 10.1. The molecule has 2 heterocycles. The molecule has 7 nitrogen and oxygen atoms in total. The fourth-order valence-electron chi connectivity index (χ4n) is 2.37. The highest BCUT2D eigenvalue weighted by Crippen LogP contribution is 2.28. The van der Waals surface area contributed by atoms with Crippen molar-refractivity contribution in [2.75, 3.05) is 19.3 Å². The minimum absolute atomic E-state index is 0.00896. The van der Waals surface area contributed by atoms with Gasteiger partial charge in [-0.2, -0.15) is 0 Å². The van der Waals surface area contributed by atoms with Crippen LogP contribution in [0, 0.1) is 0 Å². The van der Waals surface area contributed by atoms with Crippen LogP contribution in [0.3, 0.4) is 0 Å². The van der Waals surface area contributed by atoms with Crippen LogP contribution in [0.15, 0.2) is 24.3 Å². The molecule has 0 radical (unpaired) electrons. The number of fused-ring (bicyclic) bond motifs is 1. The molecule has 1 aromatic heterocycles. The number of nitrogen functional groups attached to an aromatic ring is 1. The number of urea groups is 1. The van der Waals surface area contributed by atoms with Crippen molar-refractivity contribution in [3.05, 3.63) is 34.8 Å². The Morgan fingerprint density at radius 2 is 2.32 bits per heavy atom. The Hall–Kier alpha value is -2.35. The zero-order valence-corrected chi connectivity index (χ0v) is 13.0. The third-order valence-electron chi connectivity index (χ3n) is 3.41. The number of hydrogen-bond donors (Lipinski definition) is 2. The Bertz CT molecular complexity index is 650. The number of aromatic nitrogens is 2. The minimum Gasteiger partial charge on any atom is -0.488 e. The van der Waals surface area contributed by atoms with Crippen LogP contribution in [-0.4, -0.2) is 40.8 Å². The Kier molecular flexibility index (Phi) is 4.10. The maximum Gasteiger partial charge on any atom is 0.317 e. The second kappa shape index (κ2) is 6.18. The number of para-hydroxylation sites is 1. The molecule has 0 aliphatic carbocycles. The van der Waals surface area contributed by atoms with Crippen molar-refractivity contribution in [3.63, 3.8) is 0 Å². The van der Waals surface area contributed by atoms with Crippen molar-refractivity contribution in [1.29, 1.82) is 0 Å². The summed E-state index contributed by atoms with van der Waals surface area (Å²) in [5, 5.41) is 11.4. The SMILES string of the molecule is CN(CC1Cc2ccccc2O1)C(=O)NCc1nnc(N)s1. The summed E-state index contributed by atoms with van der Waals surface area (Å²) in [4.78, 5) is 13.7. The number of ether oxygens (including phenoxy) is 1. The standard InChI is InChI=1S/C14H17N5O2S/c1-19(14(20)16-7-12-17-18-13(15)22-12)8-10-6-9-4-2-3-5-11(9)21-10/h2-5,10H,6-8H2,1H3,(H2,15,18)(H,16,20). The molecule has 1 aromatic carbocycles. The van der Waals surface area contributed by atoms with Crippen LogP contribution in [0.5, 0.6) is 5.75 Å². The summed E-state index contributed by atoms with van der Waals surface area (Å²) in [5.74, 6) is 0.908. The summed E-state index contributed by atoms with van der Waals surface area (Å²) in [5.41, 5.74) is 6.69. The first-order valence-electron chi connectivity index (χ1n) is 6.93. The van der Waals surface area contributed by atoms with E-state index in [0.717, 1.165) is 12.2 Å². The van der Waals surface area contributed by atoms with Crippen molar-refractivity contribution < 1.29 is 9.53 Å². The number of rotatable bonds is 4. The summed E-state index contributed by atoms with van der Waals surface area (Å²) < 4.78 is 5.84. The number of benzene rings is 1. The lowest BCUT2D eigenvalue weighted by molar-refractivity contribution is 0.164. The number of carbonyl (C=O) groups is 1. The maximum absolute atomic E-state index is 12.1. The fourth-order valence-corrected chi connectivity index (χ4v) is 2.92. The van der Waals surface area contributed by atoms with Gasteiger partial charge in [0, 0.05) is 13.5 Å². The lowest BCUT2D eigenvalue weighted by Crippen LogP contribution is -2.42. The van der Waals surface area contributed by atoms with Crippen LogP contribution in [0.25, 0.3) is 0 Å². The number of nitrogens with two attached hydrogens (primary N) is 1. The molecule has 0 saturated heterocycles. The monoisotopic (exact) mass is 319 g/mol. The van der Waals surface area contributed by atoms with Crippen molar-refractivity contribution in [1.82, 2.24) is 20.4 Å². The van der Waals surface area contributed by atoms with E-state index in [-0.39, 0.29) is 12.1 Å². The minimum atomic E-state index is -0.173. The van der Waals surface area contributed by atoms with E-state index < -0.39 is 0 Å². The molecule has 0 fully saturated rings. The van der Waals surface area contributed by atoms with Gasteiger partial charge in [0.2, 0.25) is 5.13 Å². The second-order valence-corrected chi connectivity index (χ2v) is 6.22. The molecule has 1 aliphatic rings. The fraction of sp³-hybridized carbons (Fsp3) is 0.357. The topological polar surface area (TPSA) is 93.4 Å². The largest absolute Gasteiger partial charge is 0.488 e. The number of carbonyl (C=O) groups excluding carboxylic acids is 1. The van der Waals surface area contributed by atoms with Gasteiger partial charge in [-0.05, 0) is 11.6 Å². The van der Waals surface area contributed by atoms with E-state index >= 15 is 0 Å². The van der Waals surface area contributed by atoms with Gasteiger partial charge in [-0.25, -0.2) is 4.79 Å². The number of nitrogens with zero attached hydrogens (tertiary/aromatic N) is 3. The van der Waals surface area contributed by atoms with Gasteiger partial charge in [0.15, 0.2) is 0 Å². The molecule has 3 rings (SSSR count). The van der Waals surface area contributed by atoms with Crippen LogP contribution >= 0.6 is 11.3 Å². The maximum atomic E-state index is 12.1. The van der Waals surface area contributed by atoms with E-state index in [1.807, 2.05) is 18.2 Å². The van der Waals surface area contributed by atoms with Gasteiger partial charge in [0.25, 0.3) is 0 Å². The smallest absolute Gasteiger partial charge is 0.317 e. The van der Waals surface area contributed by atoms with E-state index in [0.29, 0.717) is 23.2 Å². The predicted octanol–water partition coefficient (Wildman–Crippen LogP) is 1.27. The molecule has 0 saturated carbocycles. The molecule has 1 aliphatic heterocycles. The molecule has 2 amide bonds. The molecular weight excluding hydrogens is 302 g/mol. The summed E-state index contributed by atoms with van der Waals surface area (Å²) >= 11 is 1.26. The number of anilines is 1. The summed E-state index contributed by atoms with van der Waals surface area (Å²) in [6.07, 6.45) is 0.811. The molecule has 0 spiro atoms. The van der Waals surface area contributed by atoms with Gasteiger partial charge >= 0.3 is 6.03 Å². The average molecular weight is 319 g/mol. The second-order valence-electron chi connectivity index (χ2n) is 5.12. The first kappa shape index (κ1) is 14.6. The molecule has 3 N–H and O–H groups in total. The molecule has 0 bridgehead atoms. The Morgan fingerprint density at radius 3 is 3.05 bits per heavy atom. The van der Waals surface area contributed by atoms with E-state index in [4.69, 9.17) is 10.5 Å². The zero-order valence-electron chi connectivity index (χ0n) is 12.2.